The molecule has 10 heteroatoms. The highest BCUT2D eigenvalue weighted by Gasteiger charge is 2.28. The third-order valence-electron chi connectivity index (χ3n) is 2.14. The summed E-state index contributed by atoms with van der Waals surface area (Å²) in [5.41, 5.74) is -0.846. The van der Waals surface area contributed by atoms with Crippen molar-refractivity contribution in [2.45, 2.75) is 6.92 Å². The smallest absolute Gasteiger partial charge is 0.479 e. The van der Waals surface area contributed by atoms with Gasteiger partial charge in [0.05, 0.1) is 13.4 Å². The zero-order valence-corrected chi connectivity index (χ0v) is 11.2. The van der Waals surface area contributed by atoms with E-state index < -0.39 is 28.7 Å². The van der Waals surface area contributed by atoms with Crippen LogP contribution < -0.4 is 14.5 Å². The second kappa shape index (κ2) is 5.51. The van der Waals surface area contributed by atoms with Gasteiger partial charge < -0.3 is 4.74 Å². The minimum atomic E-state index is -3.97. The minimum Gasteiger partial charge on any atom is -0.479 e. The van der Waals surface area contributed by atoms with E-state index in [0.29, 0.717) is 4.31 Å². The number of halogens is 2. The van der Waals surface area contributed by atoms with Crippen LogP contribution >= 0.6 is 0 Å². The standard InChI is InChI=1S/C9H11BF2N2O4S/c1-6(15)14(19(3,16)17)8-4-7(10(11)12)5-13-9(8)18-2/h4-5H,1-3H3. The molecule has 0 aliphatic carbocycles. The van der Waals surface area contributed by atoms with Crippen LogP contribution in [0.25, 0.3) is 0 Å². The number of carbonyl (C=O) groups is 1. The molecule has 0 saturated heterocycles. The largest absolute Gasteiger partial charge is 0.573 e. The van der Waals surface area contributed by atoms with Gasteiger partial charge in [0.25, 0.3) is 0 Å². The number of methoxy groups -OCH3 is 1. The Morgan fingerprint density at radius 2 is 2.05 bits per heavy atom. The molecule has 1 heterocycles. The third-order valence-corrected chi connectivity index (χ3v) is 3.25. The topological polar surface area (TPSA) is 76.6 Å². The molecule has 0 spiro atoms. The number of hydrogen-bond acceptors (Lipinski definition) is 5. The molecule has 0 aromatic carbocycles. The van der Waals surface area contributed by atoms with E-state index in [0.717, 1.165) is 25.4 Å². The number of pyridine rings is 1. The second-order valence-electron chi connectivity index (χ2n) is 3.64. The molecule has 0 unspecified atom stereocenters. The Morgan fingerprint density at radius 1 is 1.47 bits per heavy atom. The van der Waals surface area contributed by atoms with E-state index in [-0.39, 0.29) is 11.6 Å². The molecule has 19 heavy (non-hydrogen) atoms. The lowest BCUT2D eigenvalue weighted by molar-refractivity contribution is -0.115. The minimum absolute atomic E-state index is 0.231. The van der Waals surface area contributed by atoms with E-state index in [2.05, 4.69) is 4.98 Å². The molecule has 6 nitrogen and oxygen atoms in total. The highest BCUT2D eigenvalue weighted by molar-refractivity contribution is 7.92. The highest BCUT2D eigenvalue weighted by Crippen LogP contribution is 2.26. The maximum absolute atomic E-state index is 12.6. The highest BCUT2D eigenvalue weighted by atomic mass is 32.2. The summed E-state index contributed by atoms with van der Waals surface area (Å²) in [7, 11) is -5.63. The van der Waals surface area contributed by atoms with Crippen molar-refractivity contribution in [3.63, 3.8) is 0 Å². The molecule has 1 aromatic heterocycles. The summed E-state index contributed by atoms with van der Waals surface area (Å²) in [6.07, 6.45) is 1.64. The Morgan fingerprint density at radius 3 is 2.42 bits per heavy atom. The number of anilines is 1. The first-order chi connectivity index (χ1) is 8.68. The van der Waals surface area contributed by atoms with Crippen molar-refractivity contribution in [2.24, 2.45) is 0 Å². The Hall–Kier alpha value is -1.71. The van der Waals surface area contributed by atoms with Gasteiger partial charge in [-0.3, -0.25) is 13.4 Å². The van der Waals surface area contributed by atoms with E-state index in [1.54, 1.807) is 0 Å². The van der Waals surface area contributed by atoms with Crippen LogP contribution in [-0.4, -0.2) is 39.9 Å². The Balaban J connectivity index is 3.52. The van der Waals surface area contributed by atoms with E-state index in [1.165, 1.54) is 7.11 Å². The van der Waals surface area contributed by atoms with E-state index in [1.807, 2.05) is 0 Å². The van der Waals surface area contributed by atoms with E-state index >= 15 is 0 Å². The lowest BCUT2D eigenvalue weighted by Crippen LogP contribution is -2.36. The van der Waals surface area contributed by atoms with Crippen molar-refractivity contribution in [2.75, 3.05) is 17.7 Å². The Bertz CT molecular complexity index is 594. The molecule has 1 aromatic rings. The second-order valence-corrected chi connectivity index (χ2v) is 5.48. The zero-order chi connectivity index (χ0) is 14.8. The zero-order valence-electron chi connectivity index (χ0n) is 10.4. The van der Waals surface area contributed by atoms with Crippen LogP contribution in [0.4, 0.5) is 14.3 Å². The van der Waals surface area contributed by atoms with Crippen LogP contribution in [0.3, 0.4) is 0 Å². The molecule has 0 saturated carbocycles. The summed E-state index contributed by atoms with van der Waals surface area (Å²) < 4.78 is 53.5. The fraction of sp³-hybridized carbons (Fsp3) is 0.333. The molecule has 0 radical (unpaired) electrons. The van der Waals surface area contributed by atoms with Gasteiger partial charge in [-0.15, -0.1) is 0 Å². The van der Waals surface area contributed by atoms with Crippen molar-refractivity contribution >= 4 is 34.3 Å². The SMILES string of the molecule is COc1ncc(B(F)F)cc1N(C(C)=O)S(C)(=O)=O. The number of carbonyl (C=O) groups excluding carboxylic acids is 1. The van der Waals surface area contributed by atoms with Crippen molar-refractivity contribution in [3.05, 3.63) is 12.3 Å². The molecule has 0 aliphatic rings. The molecule has 0 N–H and O–H groups in total. The number of aromatic nitrogens is 1. The summed E-state index contributed by atoms with van der Waals surface area (Å²) in [6, 6.07) is 0.860. The van der Waals surface area contributed by atoms with Gasteiger partial charge in [-0.05, 0) is 6.07 Å². The lowest BCUT2D eigenvalue weighted by Gasteiger charge is -2.20. The molecule has 0 bridgehead atoms. The van der Waals surface area contributed by atoms with Gasteiger partial charge in [0, 0.05) is 18.6 Å². The fourth-order valence-electron chi connectivity index (χ4n) is 1.46. The van der Waals surface area contributed by atoms with Crippen molar-refractivity contribution in [3.8, 4) is 5.88 Å². The average Bonchev–Trinajstić information content (AvgIpc) is 2.26. The van der Waals surface area contributed by atoms with Crippen molar-refractivity contribution in [1.82, 2.24) is 4.98 Å². The number of amides is 1. The summed E-state index contributed by atoms with van der Waals surface area (Å²) in [5.74, 6) is -1.08. The Labute approximate surface area is 109 Å². The molecule has 1 amide bonds. The van der Waals surface area contributed by atoms with Gasteiger partial charge in [0.2, 0.25) is 21.8 Å². The number of hydrogen-bond donors (Lipinski definition) is 0. The van der Waals surface area contributed by atoms with Crippen molar-refractivity contribution < 1.29 is 26.6 Å². The first-order valence-corrected chi connectivity index (χ1v) is 6.86. The summed E-state index contributed by atoms with van der Waals surface area (Å²) in [6.45, 7) is 0.996. The van der Waals surface area contributed by atoms with Gasteiger partial charge in [0.1, 0.15) is 5.69 Å². The predicted molar refractivity (Wildman–Crippen MR) is 66.4 cm³/mol. The van der Waals surface area contributed by atoms with E-state index in [9.17, 15) is 21.8 Å². The van der Waals surface area contributed by atoms with Crippen LogP contribution in [0.2, 0.25) is 0 Å². The van der Waals surface area contributed by atoms with Crippen LogP contribution in [0.1, 0.15) is 6.92 Å². The van der Waals surface area contributed by atoms with Gasteiger partial charge in [-0.2, -0.15) is 0 Å². The van der Waals surface area contributed by atoms with Crippen LogP contribution in [0.5, 0.6) is 5.88 Å². The summed E-state index contributed by atoms with van der Waals surface area (Å²) in [4.78, 5) is 15.0. The molecule has 1 rings (SSSR count). The molecular formula is C9H11BF2N2O4S. The number of rotatable bonds is 4. The number of sulfonamides is 1. The molecule has 0 atom stereocenters. The van der Waals surface area contributed by atoms with Gasteiger partial charge in [-0.1, -0.05) is 0 Å². The predicted octanol–water partition coefficient (Wildman–Crippen LogP) is 0.0369. The quantitative estimate of drug-likeness (QED) is 0.732. The van der Waals surface area contributed by atoms with Gasteiger partial charge in [-0.25, -0.2) is 17.7 Å². The van der Waals surface area contributed by atoms with Gasteiger partial charge in [0.15, 0.2) is 0 Å². The number of nitrogens with zero attached hydrogens (tertiary/aromatic N) is 2. The van der Waals surface area contributed by atoms with E-state index in [4.69, 9.17) is 4.74 Å². The maximum atomic E-state index is 12.6. The first kappa shape index (κ1) is 15.4. The third kappa shape index (κ3) is 3.40. The maximum Gasteiger partial charge on any atom is 0.573 e. The van der Waals surface area contributed by atoms with Gasteiger partial charge >= 0.3 is 7.27 Å². The van der Waals surface area contributed by atoms with Crippen LogP contribution in [0, 0.1) is 0 Å². The first-order valence-electron chi connectivity index (χ1n) is 5.01. The van der Waals surface area contributed by atoms with Crippen LogP contribution in [0.15, 0.2) is 12.3 Å². The number of ether oxygens (including phenoxy) is 1. The molecular weight excluding hydrogens is 281 g/mol. The lowest BCUT2D eigenvalue weighted by atomic mass is 9.87. The molecule has 0 fully saturated rings. The van der Waals surface area contributed by atoms with Crippen LogP contribution in [-0.2, 0) is 14.8 Å². The normalized spacial score (nSPS) is 11.0. The van der Waals surface area contributed by atoms with Crippen molar-refractivity contribution in [1.29, 1.82) is 0 Å². The Kier molecular flexibility index (Phi) is 4.45. The fourth-order valence-corrected chi connectivity index (χ4v) is 2.42. The monoisotopic (exact) mass is 292 g/mol. The molecule has 0 aliphatic heterocycles. The summed E-state index contributed by atoms with van der Waals surface area (Å²) >= 11 is 0. The summed E-state index contributed by atoms with van der Waals surface area (Å²) in [5, 5.41) is 0. The molecule has 104 valence electrons. The average molecular weight is 292 g/mol.